The maximum Gasteiger partial charge on any atom is 0.252 e. The number of hydrogen-bond acceptors (Lipinski definition) is 5. The van der Waals surface area contributed by atoms with Crippen molar-refractivity contribution in [3.8, 4) is 0 Å². The SMILES string of the molecule is CC1CCC(OCc2nc(C(C)(C)N)no2)CC1. The Morgan fingerprint density at radius 3 is 2.56 bits per heavy atom. The molecule has 5 nitrogen and oxygen atoms in total. The molecule has 2 N–H and O–H groups in total. The second kappa shape index (κ2) is 5.36. The molecule has 2 rings (SSSR count). The molecule has 1 saturated carbocycles. The molecule has 5 heteroatoms. The van der Waals surface area contributed by atoms with Gasteiger partial charge in [-0.3, -0.25) is 0 Å². The third-order valence-electron chi connectivity index (χ3n) is 3.45. The molecule has 1 aliphatic rings. The molecule has 0 spiro atoms. The van der Waals surface area contributed by atoms with Crippen LogP contribution in [0.5, 0.6) is 0 Å². The summed E-state index contributed by atoms with van der Waals surface area (Å²) in [5.41, 5.74) is 5.33. The lowest BCUT2D eigenvalue weighted by molar-refractivity contribution is -0.00256. The lowest BCUT2D eigenvalue weighted by atomic mass is 9.89. The lowest BCUT2D eigenvalue weighted by Crippen LogP contribution is -2.30. The highest BCUT2D eigenvalue weighted by Gasteiger charge is 2.23. The highest BCUT2D eigenvalue weighted by molar-refractivity contribution is 4.98. The van der Waals surface area contributed by atoms with Crippen LogP contribution in [0.15, 0.2) is 4.52 Å². The van der Waals surface area contributed by atoms with Crippen LogP contribution >= 0.6 is 0 Å². The van der Waals surface area contributed by atoms with E-state index in [1.54, 1.807) is 0 Å². The van der Waals surface area contributed by atoms with Gasteiger partial charge in [0.1, 0.15) is 6.61 Å². The Hall–Kier alpha value is -0.940. The molecule has 0 atom stereocenters. The van der Waals surface area contributed by atoms with Crippen molar-refractivity contribution in [2.75, 3.05) is 0 Å². The molecule has 0 amide bonds. The van der Waals surface area contributed by atoms with E-state index in [1.807, 2.05) is 13.8 Å². The van der Waals surface area contributed by atoms with E-state index in [4.69, 9.17) is 15.0 Å². The van der Waals surface area contributed by atoms with E-state index in [2.05, 4.69) is 17.1 Å². The summed E-state index contributed by atoms with van der Waals surface area (Å²) in [6, 6.07) is 0. The number of aromatic nitrogens is 2. The number of rotatable bonds is 4. The minimum absolute atomic E-state index is 0.336. The highest BCUT2D eigenvalue weighted by Crippen LogP contribution is 2.26. The summed E-state index contributed by atoms with van der Waals surface area (Å²) in [5.74, 6) is 1.87. The summed E-state index contributed by atoms with van der Waals surface area (Å²) >= 11 is 0. The van der Waals surface area contributed by atoms with E-state index in [0.29, 0.717) is 24.4 Å². The van der Waals surface area contributed by atoms with Crippen molar-refractivity contribution < 1.29 is 9.26 Å². The van der Waals surface area contributed by atoms with Gasteiger partial charge in [-0.25, -0.2) is 0 Å². The van der Waals surface area contributed by atoms with Gasteiger partial charge >= 0.3 is 0 Å². The van der Waals surface area contributed by atoms with Crippen LogP contribution in [0.2, 0.25) is 0 Å². The second-order valence-corrected chi connectivity index (χ2v) is 5.93. The predicted octanol–water partition coefficient (Wildman–Crippen LogP) is 2.36. The van der Waals surface area contributed by atoms with Gasteiger partial charge in [-0.15, -0.1) is 0 Å². The van der Waals surface area contributed by atoms with E-state index < -0.39 is 5.54 Å². The maximum atomic E-state index is 5.90. The van der Waals surface area contributed by atoms with Crippen molar-refractivity contribution in [1.29, 1.82) is 0 Å². The van der Waals surface area contributed by atoms with E-state index in [0.717, 1.165) is 18.8 Å². The molecular formula is C13H23N3O2. The normalized spacial score (nSPS) is 25.3. The van der Waals surface area contributed by atoms with Crippen molar-refractivity contribution in [3.63, 3.8) is 0 Å². The molecule has 0 aromatic carbocycles. The summed E-state index contributed by atoms with van der Waals surface area (Å²) in [6.45, 7) is 6.39. The quantitative estimate of drug-likeness (QED) is 0.891. The summed E-state index contributed by atoms with van der Waals surface area (Å²) < 4.78 is 10.9. The van der Waals surface area contributed by atoms with Gasteiger partial charge in [0.05, 0.1) is 11.6 Å². The number of nitrogens with two attached hydrogens (primary N) is 1. The summed E-state index contributed by atoms with van der Waals surface area (Å²) in [4.78, 5) is 4.25. The summed E-state index contributed by atoms with van der Waals surface area (Å²) in [6.07, 6.45) is 5.09. The molecule has 0 saturated heterocycles. The first-order valence-electron chi connectivity index (χ1n) is 6.68. The van der Waals surface area contributed by atoms with Gasteiger partial charge in [0.2, 0.25) is 0 Å². The van der Waals surface area contributed by atoms with E-state index in [-0.39, 0.29) is 0 Å². The second-order valence-electron chi connectivity index (χ2n) is 5.93. The molecule has 102 valence electrons. The number of nitrogens with zero attached hydrogens (tertiary/aromatic N) is 2. The first-order valence-corrected chi connectivity index (χ1v) is 6.68. The van der Waals surface area contributed by atoms with Crippen molar-refractivity contribution in [2.24, 2.45) is 11.7 Å². The first-order chi connectivity index (χ1) is 8.45. The molecule has 0 bridgehead atoms. The highest BCUT2D eigenvalue weighted by atomic mass is 16.5. The minimum Gasteiger partial charge on any atom is -0.368 e. The van der Waals surface area contributed by atoms with Crippen LogP contribution in [0, 0.1) is 5.92 Å². The maximum absolute atomic E-state index is 5.90. The Morgan fingerprint density at radius 1 is 1.33 bits per heavy atom. The van der Waals surface area contributed by atoms with Gasteiger partial charge in [0, 0.05) is 0 Å². The van der Waals surface area contributed by atoms with Crippen LogP contribution in [-0.4, -0.2) is 16.2 Å². The third-order valence-corrected chi connectivity index (χ3v) is 3.45. The van der Waals surface area contributed by atoms with Crippen molar-refractivity contribution >= 4 is 0 Å². The molecule has 1 aromatic rings. The van der Waals surface area contributed by atoms with Crippen molar-refractivity contribution in [3.05, 3.63) is 11.7 Å². The first kappa shape index (κ1) is 13.5. The van der Waals surface area contributed by atoms with Gasteiger partial charge in [-0.05, 0) is 45.4 Å². The zero-order chi connectivity index (χ0) is 13.2. The van der Waals surface area contributed by atoms with Crippen LogP contribution in [0.4, 0.5) is 0 Å². The minimum atomic E-state index is -0.567. The standard InChI is InChI=1S/C13H23N3O2/c1-9-4-6-10(7-5-9)17-8-11-15-12(16-18-11)13(2,3)14/h9-10H,4-8,14H2,1-3H3. The van der Waals surface area contributed by atoms with E-state index >= 15 is 0 Å². The Morgan fingerprint density at radius 2 is 2.00 bits per heavy atom. The fourth-order valence-electron chi connectivity index (χ4n) is 2.16. The molecule has 18 heavy (non-hydrogen) atoms. The van der Waals surface area contributed by atoms with Crippen LogP contribution in [0.25, 0.3) is 0 Å². The molecule has 1 aromatic heterocycles. The fraction of sp³-hybridized carbons (Fsp3) is 0.846. The lowest BCUT2D eigenvalue weighted by Gasteiger charge is -2.25. The average molecular weight is 253 g/mol. The topological polar surface area (TPSA) is 74.2 Å². The van der Waals surface area contributed by atoms with Crippen molar-refractivity contribution in [1.82, 2.24) is 10.1 Å². The largest absolute Gasteiger partial charge is 0.368 e. The van der Waals surface area contributed by atoms with E-state index in [9.17, 15) is 0 Å². The number of hydrogen-bond donors (Lipinski definition) is 1. The van der Waals surface area contributed by atoms with Gasteiger partial charge in [-0.1, -0.05) is 12.1 Å². The molecule has 0 radical (unpaired) electrons. The van der Waals surface area contributed by atoms with Gasteiger partial charge < -0.3 is 15.0 Å². The molecule has 1 aliphatic carbocycles. The van der Waals surface area contributed by atoms with Crippen molar-refractivity contribution in [2.45, 2.75) is 64.7 Å². The average Bonchev–Trinajstić information content (AvgIpc) is 2.77. The molecule has 1 heterocycles. The summed E-state index contributed by atoms with van der Waals surface area (Å²) in [7, 11) is 0. The Bertz CT molecular complexity index is 376. The monoisotopic (exact) mass is 253 g/mol. The Labute approximate surface area is 108 Å². The van der Waals surface area contributed by atoms with Gasteiger partial charge in [0.15, 0.2) is 5.82 Å². The third kappa shape index (κ3) is 3.53. The van der Waals surface area contributed by atoms with Gasteiger partial charge in [-0.2, -0.15) is 4.98 Å². The fourth-order valence-corrected chi connectivity index (χ4v) is 2.16. The van der Waals surface area contributed by atoms with Crippen LogP contribution in [-0.2, 0) is 16.9 Å². The Kier molecular flexibility index (Phi) is 4.02. The molecular weight excluding hydrogens is 230 g/mol. The smallest absolute Gasteiger partial charge is 0.252 e. The molecule has 1 fully saturated rings. The Balaban J connectivity index is 1.82. The van der Waals surface area contributed by atoms with Crippen LogP contribution in [0.1, 0.15) is 58.2 Å². The molecule has 0 unspecified atom stereocenters. The van der Waals surface area contributed by atoms with Gasteiger partial charge in [0.25, 0.3) is 5.89 Å². The summed E-state index contributed by atoms with van der Waals surface area (Å²) in [5, 5.41) is 3.87. The van der Waals surface area contributed by atoms with Crippen LogP contribution < -0.4 is 5.73 Å². The zero-order valence-corrected chi connectivity index (χ0v) is 11.5. The van der Waals surface area contributed by atoms with Crippen LogP contribution in [0.3, 0.4) is 0 Å². The number of ether oxygens (including phenoxy) is 1. The predicted molar refractivity (Wildman–Crippen MR) is 67.7 cm³/mol. The zero-order valence-electron chi connectivity index (χ0n) is 11.5. The van der Waals surface area contributed by atoms with E-state index in [1.165, 1.54) is 12.8 Å². The molecule has 0 aliphatic heterocycles.